The van der Waals surface area contributed by atoms with E-state index < -0.39 is 0 Å². The number of carbonyl (C=O) groups is 1. The number of nitrogens with one attached hydrogen (secondary N) is 1. The van der Waals surface area contributed by atoms with Crippen LogP contribution in [0.3, 0.4) is 0 Å². The fourth-order valence-corrected chi connectivity index (χ4v) is 2.02. The summed E-state index contributed by atoms with van der Waals surface area (Å²) in [5.41, 5.74) is 8.32. The van der Waals surface area contributed by atoms with Gasteiger partial charge >= 0.3 is 0 Å². The Morgan fingerprint density at radius 1 is 1.44 bits per heavy atom. The SMILES string of the molecule is CNC(=O)c1ccc(CN2CCOCC2)c(N)c1. The van der Waals surface area contributed by atoms with Crippen LogP contribution in [0.2, 0.25) is 0 Å². The van der Waals surface area contributed by atoms with Crippen molar-refractivity contribution in [1.82, 2.24) is 10.2 Å². The fourth-order valence-electron chi connectivity index (χ4n) is 2.02. The molecule has 2 rings (SSSR count). The molecule has 1 amide bonds. The molecule has 0 aliphatic carbocycles. The molecule has 1 saturated heterocycles. The summed E-state index contributed by atoms with van der Waals surface area (Å²) >= 11 is 0. The number of anilines is 1. The molecule has 1 aliphatic heterocycles. The molecule has 0 bridgehead atoms. The number of amides is 1. The summed E-state index contributed by atoms with van der Waals surface area (Å²) in [5, 5.41) is 2.59. The van der Waals surface area contributed by atoms with Crippen LogP contribution in [0, 0.1) is 0 Å². The topological polar surface area (TPSA) is 67.6 Å². The molecule has 18 heavy (non-hydrogen) atoms. The predicted octanol–water partition coefficient (Wildman–Crippen LogP) is 0.461. The minimum atomic E-state index is -0.111. The van der Waals surface area contributed by atoms with Gasteiger partial charge in [0.2, 0.25) is 0 Å². The smallest absolute Gasteiger partial charge is 0.251 e. The number of nitrogen functional groups attached to an aromatic ring is 1. The number of rotatable bonds is 3. The molecule has 5 heteroatoms. The third-order valence-electron chi connectivity index (χ3n) is 3.13. The van der Waals surface area contributed by atoms with Crippen LogP contribution in [0.5, 0.6) is 0 Å². The lowest BCUT2D eigenvalue weighted by molar-refractivity contribution is 0.0343. The first kappa shape index (κ1) is 12.9. The van der Waals surface area contributed by atoms with E-state index in [2.05, 4.69) is 10.2 Å². The van der Waals surface area contributed by atoms with E-state index in [1.807, 2.05) is 12.1 Å². The molecular formula is C13H19N3O2. The third kappa shape index (κ3) is 3.00. The van der Waals surface area contributed by atoms with Crippen molar-refractivity contribution in [3.8, 4) is 0 Å². The molecule has 5 nitrogen and oxygen atoms in total. The molecular weight excluding hydrogens is 230 g/mol. The summed E-state index contributed by atoms with van der Waals surface area (Å²) < 4.78 is 5.31. The Bertz CT molecular complexity index is 428. The average molecular weight is 249 g/mol. The monoisotopic (exact) mass is 249 g/mol. The second kappa shape index (κ2) is 5.84. The van der Waals surface area contributed by atoms with Gasteiger partial charge in [-0.3, -0.25) is 9.69 Å². The van der Waals surface area contributed by atoms with Crippen LogP contribution < -0.4 is 11.1 Å². The highest BCUT2D eigenvalue weighted by molar-refractivity contribution is 5.95. The first-order valence-electron chi connectivity index (χ1n) is 6.11. The summed E-state index contributed by atoms with van der Waals surface area (Å²) in [4.78, 5) is 13.8. The van der Waals surface area contributed by atoms with Gasteiger partial charge in [0, 0.05) is 37.9 Å². The third-order valence-corrected chi connectivity index (χ3v) is 3.13. The maximum atomic E-state index is 11.5. The van der Waals surface area contributed by atoms with Gasteiger partial charge < -0.3 is 15.8 Å². The number of ether oxygens (including phenoxy) is 1. The molecule has 1 heterocycles. The largest absolute Gasteiger partial charge is 0.398 e. The minimum absolute atomic E-state index is 0.111. The predicted molar refractivity (Wildman–Crippen MR) is 70.3 cm³/mol. The van der Waals surface area contributed by atoms with E-state index in [0.717, 1.165) is 38.4 Å². The van der Waals surface area contributed by atoms with Gasteiger partial charge in [0.05, 0.1) is 13.2 Å². The Kier molecular flexibility index (Phi) is 4.17. The molecule has 0 unspecified atom stereocenters. The van der Waals surface area contributed by atoms with E-state index >= 15 is 0 Å². The fraction of sp³-hybridized carbons (Fsp3) is 0.462. The number of benzene rings is 1. The van der Waals surface area contributed by atoms with Gasteiger partial charge in [-0.05, 0) is 17.7 Å². The molecule has 0 radical (unpaired) electrons. The van der Waals surface area contributed by atoms with Crippen LogP contribution in [-0.4, -0.2) is 44.2 Å². The van der Waals surface area contributed by atoms with Gasteiger partial charge in [-0.25, -0.2) is 0 Å². The highest BCUT2D eigenvalue weighted by Gasteiger charge is 2.13. The van der Waals surface area contributed by atoms with E-state index in [1.54, 1.807) is 13.1 Å². The Hall–Kier alpha value is -1.59. The molecule has 98 valence electrons. The van der Waals surface area contributed by atoms with Gasteiger partial charge in [0.25, 0.3) is 5.91 Å². The first-order chi connectivity index (χ1) is 8.70. The van der Waals surface area contributed by atoms with Crippen molar-refractivity contribution in [1.29, 1.82) is 0 Å². The number of hydrogen-bond acceptors (Lipinski definition) is 4. The van der Waals surface area contributed by atoms with Gasteiger partial charge in [-0.1, -0.05) is 6.07 Å². The Labute approximate surface area is 107 Å². The van der Waals surface area contributed by atoms with Crippen LogP contribution in [0.15, 0.2) is 18.2 Å². The second-order valence-corrected chi connectivity index (χ2v) is 4.38. The van der Waals surface area contributed by atoms with Gasteiger partial charge in [0.15, 0.2) is 0 Å². The van der Waals surface area contributed by atoms with E-state index in [1.165, 1.54) is 0 Å². The van der Waals surface area contributed by atoms with Gasteiger partial charge in [-0.2, -0.15) is 0 Å². The van der Waals surface area contributed by atoms with E-state index in [0.29, 0.717) is 11.3 Å². The molecule has 3 N–H and O–H groups in total. The van der Waals surface area contributed by atoms with Gasteiger partial charge in [-0.15, -0.1) is 0 Å². The summed E-state index contributed by atoms with van der Waals surface area (Å²) in [5.74, 6) is -0.111. The lowest BCUT2D eigenvalue weighted by Gasteiger charge is -2.27. The van der Waals surface area contributed by atoms with Crippen molar-refractivity contribution in [2.75, 3.05) is 39.1 Å². The highest BCUT2D eigenvalue weighted by atomic mass is 16.5. The normalized spacial score (nSPS) is 16.5. The van der Waals surface area contributed by atoms with Crippen LogP contribution >= 0.6 is 0 Å². The number of morpholine rings is 1. The van der Waals surface area contributed by atoms with Crippen molar-refractivity contribution in [3.63, 3.8) is 0 Å². The number of nitrogens with two attached hydrogens (primary N) is 1. The Morgan fingerprint density at radius 2 is 2.17 bits per heavy atom. The van der Waals surface area contributed by atoms with Crippen molar-refractivity contribution in [2.24, 2.45) is 0 Å². The summed E-state index contributed by atoms with van der Waals surface area (Å²) in [6.45, 7) is 4.21. The standard InChI is InChI=1S/C13H19N3O2/c1-15-13(17)10-2-3-11(12(14)8-10)9-16-4-6-18-7-5-16/h2-3,8H,4-7,9,14H2,1H3,(H,15,17). The molecule has 0 saturated carbocycles. The minimum Gasteiger partial charge on any atom is -0.398 e. The van der Waals surface area contributed by atoms with Gasteiger partial charge in [0.1, 0.15) is 0 Å². The zero-order valence-electron chi connectivity index (χ0n) is 10.6. The quantitative estimate of drug-likeness (QED) is 0.764. The van der Waals surface area contributed by atoms with E-state index in [4.69, 9.17) is 10.5 Å². The van der Waals surface area contributed by atoms with Crippen LogP contribution in [0.4, 0.5) is 5.69 Å². The zero-order chi connectivity index (χ0) is 13.0. The molecule has 0 aromatic heterocycles. The van der Waals surface area contributed by atoms with Crippen molar-refractivity contribution in [2.45, 2.75) is 6.54 Å². The second-order valence-electron chi connectivity index (χ2n) is 4.38. The summed E-state index contributed by atoms with van der Waals surface area (Å²) in [6, 6.07) is 5.47. The molecule has 1 fully saturated rings. The maximum absolute atomic E-state index is 11.5. The van der Waals surface area contributed by atoms with E-state index in [-0.39, 0.29) is 5.91 Å². The maximum Gasteiger partial charge on any atom is 0.251 e. The number of carbonyl (C=O) groups excluding carboxylic acids is 1. The lowest BCUT2D eigenvalue weighted by Crippen LogP contribution is -2.35. The average Bonchev–Trinajstić information content (AvgIpc) is 2.41. The molecule has 1 aromatic rings. The van der Waals surface area contributed by atoms with Crippen LogP contribution in [0.1, 0.15) is 15.9 Å². The first-order valence-corrected chi connectivity index (χ1v) is 6.11. The molecule has 1 aliphatic rings. The van der Waals surface area contributed by atoms with E-state index in [9.17, 15) is 4.79 Å². The molecule has 0 spiro atoms. The van der Waals surface area contributed by atoms with Crippen molar-refractivity contribution in [3.05, 3.63) is 29.3 Å². The number of nitrogens with zero attached hydrogens (tertiary/aromatic N) is 1. The van der Waals surface area contributed by atoms with Crippen LogP contribution in [0.25, 0.3) is 0 Å². The Morgan fingerprint density at radius 3 is 2.78 bits per heavy atom. The molecule has 1 aromatic carbocycles. The lowest BCUT2D eigenvalue weighted by atomic mass is 10.1. The zero-order valence-corrected chi connectivity index (χ0v) is 10.6. The number of hydrogen-bond donors (Lipinski definition) is 2. The summed E-state index contributed by atoms with van der Waals surface area (Å²) in [7, 11) is 1.61. The Balaban J connectivity index is 2.07. The van der Waals surface area contributed by atoms with Crippen LogP contribution in [-0.2, 0) is 11.3 Å². The van der Waals surface area contributed by atoms with Crippen molar-refractivity contribution < 1.29 is 9.53 Å². The highest BCUT2D eigenvalue weighted by Crippen LogP contribution is 2.17. The molecule has 0 atom stereocenters. The summed E-state index contributed by atoms with van der Waals surface area (Å²) in [6.07, 6.45) is 0. The van der Waals surface area contributed by atoms with Crippen molar-refractivity contribution >= 4 is 11.6 Å².